The predicted octanol–water partition coefficient (Wildman–Crippen LogP) is 2.37. The zero-order chi connectivity index (χ0) is 15.2. The maximum atomic E-state index is 12.1. The largest absolute Gasteiger partial charge is 0.504 e. The highest BCUT2D eigenvalue weighted by Crippen LogP contribution is 2.26. The van der Waals surface area contributed by atoms with E-state index in [-0.39, 0.29) is 11.7 Å². The minimum Gasteiger partial charge on any atom is -0.504 e. The van der Waals surface area contributed by atoms with E-state index in [2.05, 4.69) is 10.6 Å². The van der Waals surface area contributed by atoms with Crippen LogP contribution in [0, 0.1) is 0 Å². The third-order valence-electron chi connectivity index (χ3n) is 3.03. The summed E-state index contributed by atoms with van der Waals surface area (Å²) in [6, 6.07) is 12.1. The minimum atomic E-state index is -0.283. The van der Waals surface area contributed by atoms with Crippen molar-refractivity contribution < 1.29 is 14.6 Å². The summed E-state index contributed by atoms with van der Waals surface area (Å²) < 4.78 is 4.95. The fraction of sp³-hybridized carbons (Fsp3) is 0.188. The Morgan fingerprint density at radius 1 is 1.19 bits per heavy atom. The molecule has 2 aromatic carbocycles. The van der Waals surface area contributed by atoms with E-state index >= 15 is 0 Å². The highest BCUT2D eigenvalue weighted by Gasteiger charge is 2.09. The average Bonchev–Trinajstić information content (AvgIpc) is 2.49. The van der Waals surface area contributed by atoms with Crippen molar-refractivity contribution in [3.05, 3.63) is 53.6 Å². The molecule has 2 rings (SSSR count). The number of carbonyl (C=O) groups is 1. The second-order valence-electron chi connectivity index (χ2n) is 4.57. The van der Waals surface area contributed by atoms with Crippen LogP contribution in [0.1, 0.15) is 15.9 Å². The Labute approximate surface area is 123 Å². The molecular formula is C16H18N2O3. The Bertz CT molecular complexity index is 624. The van der Waals surface area contributed by atoms with Crippen LogP contribution in [0.25, 0.3) is 0 Å². The number of ether oxygens (including phenoxy) is 1. The number of hydrogen-bond acceptors (Lipinski definition) is 4. The van der Waals surface area contributed by atoms with E-state index in [1.54, 1.807) is 12.1 Å². The van der Waals surface area contributed by atoms with E-state index in [1.165, 1.54) is 13.2 Å². The highest BCUT2D eigenvalue weighted by molar-refractivity contribution is 6.04. The van der Waals surface area contributed by atoms with E-state index in [0.717, 1.165) is 12.1 Å². The Kier molecular flexibility index (Phi) is 4.79. The lowest BCUT2D eigenvalue weighted by molar-refractivity contribution is 0.102. The van der Waals surface area contributed by atoms with Crippen LogP contribution < -0.4 is 15.4 Å². The second-order valence-corrected chi connectivity index (χ2v) is 4.57. The Morgan fingerprint density at radius 3 is 2.48 bits per heavy atom. The van der Waals surface area contributed by atoms with E-state index < -0.39 is 0 Å². The minimum absolute atomic E-state index is 0.0606. The fourth-order valence-corrected chi connectivity index (χ4v) is 1.94. The lowest BCUT2D eigenvalue weighted by atomic mass is 10.1. The molecular weight excluding hydrogens is 268 g/mol. The molecule has 0 saturated carbocycles. The van der Waals surface area contributed by atoms with E-state index in [4.69, 9.17) is 4.74 Å². The van der Waals surface area contributed by atoms with Crippen LogP contribution >= 0.6 is 0 Å². The third-order valence-corrected chi connectivity index (χ3v) is 3.03. The van der Waals surface area contributed by atoms with Gasteiger partial charge in [-0.05, 0) is 42.9 Å². The molecule has 21 heavy (non-hydrogen) atoms. The first-order valence-electron chi connectivity index (χ1n) is 6.56. The van der Waals surface area contributed by atoms with Crippen molar-refractivity contribution in [1.82, 2.24) is 5.32 Å². The Balaban J connectivity index is 2.08. The van der Waals surface area contributed by atoms with Gasteiger partial charge in [0.25, 0.3) is 5.91 Å². The number of phenols is 1. The van der Waals surface area contributed by atoms with E-state index in [9.17, 15) is 9.90 Å². The van der Waals surface area contributed by atoms with Gasteiger partial charge in [-0.1, -0.05) is 12.1 Å². The van der Waals surface area contributed by atoms with Crippen molar-refractivity contribution >= 4 is 11.6 Å². The summed E-state index contributed by atoms with van der Waals surface area (Å²) in [5.74, 6) is -0.00759. The maximum absolute atomic E-state index is 12.1. The van der Waals surface area contributed by atoms with Crippen LogP contribution in [0.4, 0.5) is 5.69 Å². The predicted molar refractivity (Wildman–Crippen MR) is 81.8 cm³/mol. The molecule has 0 radical (unpaired) electrons. The fourth-order valence-electron chi connectivity index (χ4n) is 1.94. The molecule has 1 amide bonds. The number of anilines is 1. The molecule has 0 aromatic heterocycles. The average molecular weight is 286 g/mol. The third kappa shape index (κ3) is 3.73. The zero-order valence-corrected chi connectivity index (χ0v) is 12.0. The van der Waals surface area contributed by atoms with Crippen LogP contribution in [-0.2, 0) is 6.54 Å². The summed E-state index contributed by atoms with van der Waals surface area (Å²) in [6.45, 7) is 0.778. The molecule has 0 fully saturated rings. The number of carbonyl (C=O) groups excluding carboxylic acids is 1. The number of hydrogen-bond donors (Lipinski definition) is 3. The van der Waals surface area contributed by atoms with Gasteiger partial charge in [-0.15, -0.1) is 0 Å². The molecule has 0 saturated heterocycles. The molecule has 5 heteroatoms. The quantitative estimate of drug-likeness (QED) is 0.789. The van der Waals surface area contributed by atoms with Crippen LogP contribution in [0.3, 0.4) is 0 Å². The smallest absolute Gasteiger partial charge is 0.255 e. The van der Waals surface area contributed by atoms with Crippen LogP contribution in [0.2, 0.25) is 0 Å². The first-order chi connectivity index (χ1) is 10.1. The lowest BCUT2D eigenvalue weighted by Crippen LogP contribution is -2.12. The highest BCUT2D eigenvalue weighted by atomic mass is 16.5. The van der Waals surface area contributed by atoms with Crippen molar-refractivity contribution in [3.8, 4) is 11.5 Å². The molecule has 0 heterocycles. The monoisotopic (exact) mass is 286 g/mol. The molecule has 0 aliphatic heterocycles. The molecule has 0 unspecified atom stereocenters. The van der Waals surface area contributed by atoms with Gasteiger partial charge in [-0.2, -0.15) is 0 Å². The molecule has 0 aliphatic rings. The first kappa shape index (κ1) is 14.9. The maximum Gasteiger partial charge on any atom is 0.255 e. The number of rotatable bonds is 5. The summed E-state index contributed by atoms with van der Waals surface area (Å²) in [5.41, 5.74) is 2.21. The standard InChI is InChI=1S/C16H18N2O3/c1-17-10-11-3-6-13(7-4-11)18-16(20)12-5-8-15(21-2)14(19)9-12/h3-9,17,19H,10H2,1-2H3,(H,18,20). The van der Waals surface area contributed by atoms with Gasteiger partial charge < -0.3 is 20.5 Å². The van der Waals surface area contributed by atoms with Crippen molar-refractivity contribution in [1.29, 1.82) is 0 Å². The number of nitrogens with one attached hydrogen (secondary N) is 2. The summed E-state index contributed by atoms with van der Waals surface area (Å²) in [4.78, 5) is 12.1. The lowest BCUT2D eigenvalue weighted by Gasteiger charge is -2.08. The number of phenolic OH excluding ortho intramolecular Hbond substituents is 1. The van der Waals surface area contributed by atoms with Crippen molar-refractivity contribution in [2.45, 2.75) is 6.54 Å². The van der Waals surface area contributed by atoms with Gasteiger partial charge in [0.1, 0.15) is 0 Å². The molecule has 3 N–H and O–H groups in total. The van der Waals surface area contributed by atoms with Gasteiger partial charge in [0.05, 0.1) is 7.11 Å². The van der Waals surface area contributed by atoms with Crippen LogP contribution in [0.15, 0.2) is 42.5 Å². The van der Waals surface area contributed by atoms with Gasteiger partial charge in [0.15, 0.2) is 11.5 Å². The van der Waals surface area contributed by atoms with Crippen LogP contribution in [-0.4, -0.2) is 25.2 Å². The first-order valence-corrected chi connectivity index (χ1v) is 6.56. The number of benzene rings is 2. The normalized spacial score (nSPS) is 10.2. The van der Waals surface area contributed by atoms with E-state index in [1.807, 2.05) is 31.3 Å². The molecule has 5 nitrogen and oxygen atoms in total. The van der Waals surface area contributed by atoms with Crippen molar-refractivity contribution in [2.75, 3.05) is 19.5 Å². The second kappa shape index (κ2) is 6.76. The summed E-state index contributed by atoms with van der Waals surface area (Å²) >= 11 is 0. The number of amides is 1. The van der Waals surface area contributed by atoms with Gasteiger partial charge in [-0.3, -0.25) is 4.79 Å². The molecule has 0 aliphatic carbocycles. The Morgan fingerprint density at radius 2 is 1.90 bits per heavy atom. The van der Waals surface area contributed by atoms with Gasteiger partial charge in [0.2, 0.25) is 0 Å². The Hall–Kier alpha value is -2.53. The van der Waals surface area contributed by atoms with Gasteiger partial charge >= 0.3 is 0 Å². The van der Waals surface area contributed by atoms with Crippen molar-refractivity contribution in [2.24, 2.45) is 0 Å². The topological polar surface area (TPSA) is 70.6 Å². The summed E-state index contributed by atoms with van der Waals surface area (Å²) in [7, 11) is 3.34. The van der Waals surface area contributed by atoms with E-state index in [0.29, 0.717) is 17.0 Å². The number of methoxy groups -OCH3 is 1. The van der Waals surface area contributed by atoms with Gasteiger partial charge in [0, 0.05) is 17.8 Å². The van der Waals surface area contributed by atoms with Crippen LogP contribution in [0.5, 0.6) is 11.5 Å². The molecule has 2 aromatic rings. The molecule has 110 valence electrons. The number of aromatic hydroxyl groups is 1. The molecule has 0 spiro atoms. The van der Waals surface area contributed by atoms with Crippen molar-refractivity contribution in [3.63, 3.8) is 0 Å². The van der Waals surface area contributed by atoms with Gasteiger partial charge in [-0.25, -0.2) is 0 Å². The SMILES string of the molecule is CNCc1ccc(NC(=O)c2ccc(OC)c(O)c2)cc1. The molecule has 0 atom stereocenters. The summed E-state index contributed by atoms with van der Waals surface area (Å²) in [5, 5.41) is 15.5. The summed E-state index contributed by atoms with van der Waals surface area (Å²) in [6.07, 6.45) is 0. The molecule has 0 bridgehead atoms. The zero-order valence-electron chi connectivity index (χ0n) is 12.0.